The molecule has 4 nitrogen and oxygen atoms in total. The van der Waals surface area contributed by atoms with Crippen LogP contribution in [-0.4, -0.2) is 43.3 Å². The molecule has 2 atom stereocenters. The Kier molecular flexibility index (Phi) is 13.8. The van der Waals surface area contributed by atoms with Gasteiger partial charge in [0.2, 0.25) is 5.91 Å². The second-order valence-corrected chi connectivity index (χ2v) is 8.03. The number of nitrogens with one attached hydrogen (secondary N) is 1. The maximum Gasteiger partial charge on any atom is 0.226 e. The summed E-state index contributed by atoms with van der Waals surface area (Å²) in [6.45, 7) is 16.9. The van der Waals surface area contributed by atoms with Gasteiger partial charge in [0.25, 0.3) is 0 Å². The average molecular weight is 393 g/mol. The zero-order valence-electron chi connectivity index (χ0n) is 19.5. The third-order valence-corrected chi connectivity index (χ3v) is 5.63. The van der Waals surface area contributed by atoms with Crippen LogP contribution in [0.2, 0.25) is 0 Å². The van der Waals surface area contributed by atoms with Gasteiger partial charge in [-0.1, -0.05) is 51.0 Å². The molecule has 1 aliphatic heterocycles. The minimum atomic E-state index is 0.00625. The van der Waals surface area contributed by atoms with Crippen molar-refractivity contribution < 1.29 is 9.59 Å². The van der Waals surface area contributed by atoms with Crippen LogP contribution < -0.4 is 5.32 Å². The lowest BCUT2D eigenvalue weighted by Crippen LogP contribution is -2.51. The summed E-state index contributed by atoms with van der Waals surface area (Å²) < 4.78 is 0. The second-order valence-electron chi connectivity index (χ2n) is 8.03. The average Bonchev–Trinajstić information content (AvgIpc) is 2.66. The summed E-state index contributed by atoms with van der Waals surface area (Å²) in [4.78, 5) is 23.2. The minimum Gasteiger partial charge on any atom is -0.359 e. The number of carbonyl (C=O) groups is 2. The Labute approximate surface area is 173 Å². The maximum atomic E-state index is 11.7. The number of hydrogen-bond donors (Lipinski definition) is 1. The largest absolute Gasteiger partial charge is 0.359 e. The van der Waals surface area contributed by atoms with Crippen molar-refractivity contribution >= 4 is 12.2 Å². The summed E-state index contributed by atoms with van der Waals surface area (Å²) in [7, 11) is 1.72. The number of allylic oxidation sites excluding steroid dienone is 2. The minimum absolute atomic E-state index is 0.00625. The normalized spacial score (nSPS) is 18.9. The molecule has 2 unspecified atom stereocenters. The molecule has 162 valence electrons. The lowest BCUT2D eigenvalue weighted by atomic mass is 9.81. The molecule has 0 radical (unpaired) electrons. The molecule has 2 aliphatic rings. The SMILES string of the molecule is CC.CC=O.CNC(=O)C(C)C1=CC=C(C2CN(C(C)CCC(C)C)C2)CC1. The molecule has 1 saturated heterocycles. The first kappa shape index (κ1) is 26.6. The number of nitrogens with zero attached hydrogens (tertiary/aromatic N) is 1. The van der Waals surface area contributed by atoms with Crippen molar-refractivity contribution in [1.82, 2.24) is 10.2 Å². The molecule has 0 spiro atoms. The van der Waals surface area contributed by atoms with E-state index in [9.17, 15) is 4.79 Å². The van der Waals surface area contributed by atoms with E-state index in [1.807, 2.05) is 20.8 Å². The quantitative estimate of drug-likeness (QED) is 0.620. The third-order valence-electron chi connectivity index (χ3n) is 5.63. The number of amides is 1. The Morgan fingerprint density at radius 1 is 1.14 bits per heavy atom. The van der Waals surface area contributed by atoms with Crippen LogP contribution in [-0.2, 0) is 9.59 Å². The second kappa shape index (κ2) is 14.6. The highest BCUT2D eigenvalue weighted by atomic mass is 16.1. The number of aldehydes is 1. The molecule has 0 aromatic carbocycles. The highest BCUT2D eigenvalue weighted by molar-refractivity contribution is 5.81. The van der Waals surface area contributed by atoms with Crippen molar-refractivity contribution in [2.45, 2.75) is 80.2 Å². The van der Waals surface area contributed by atoms with Gasteiger partial charge in [-0.2, -0.15) is 0 Å². The van der Waals surface area contributed by atoms with Crippen molar-refractivity contribution in [3.05, 3.63) is 23.3 Å². The van der Waals surface area contributed by atoms with Crippen LogP contribution in [0.5, 0.6) is 0 Å². The Bertz CT molecular complexity index is 517. The predicted molar refractivity (Wildman–Crippen MR) is 120 cm³/mol. The van der Waals surface area contributed by atoms with Gasteiger partial charge in [-0.15, -0.1) is 0 Å². The molecule has 1 fully saturated rings. The van der Waals surface area contributed by atoms with E-state index in [0.29, 0.717) is 0 Å². The van der Waals surface area contributed by atoms with Crippen LogP contribution in [0, 0.1) is 17.8 Å². The van der Waals surface area contributed by atoms with Crippen molar-refractivity contribution in [3.63, 3.8) is 0 Å². The van der Waals surface area contributed by atoms with Crippen molar-refractivity contribution in [2.75, 3.05) is 20.1 Å². The van der Waals surface area contributed by atoms with Crippen molar-refractivity contribution in [3.8, 4) is 0 Å². The van der Waals surface area contributed by atoms with Gasteiger partial charge in [0, 0.05) is 32.1 Å². The first-order valence-corrected chi connectivity index (χ1v) is 11.1. The van der Waals surface area contributed by atoms with Gasteiger partial charge < -0.3 is 10.1 Å². The molecule has 28 heavy (non-hydrogen) atoms. The fourth-order valence-corrected chi connectivity index (χ4v) is 3.62. The first-order chi connectivity index (χ1) is 13.3. The van der Waals surface area contributed by atoms with Crippen LogP contribution >= 0.6 is 0 Å². The molecule has 1 N–H and O–H groups in total. The van der Waals surface area contributed by atoms with Gasteiger partial charge in [-0.3, -0.25) is 9.69 Å². The van der Waals surface area contributed by atoms with E-state index in [0.717, 1.165) is 37.0 Å². The van der Waals surface area contributed by atoms with Gasteiger partial charge in [-0.25, -0.2) is 0 Å². The molecule has 0 aromatic rings. The van der Waals surface area contributed by atoms with E-state index < -0.39 is 0 Å². The molecule has 1 heterocycles. The van der Waals surface area contributed by atoms with Gasteiger partial charge in [0.1, 0.15) is 6.29 Å². The van der Waals surface area contributed by atoms with E-state index in [1.54, 1.807) is 12.6 Å². The van der Waals surface area contributed by atoms with Gasteiger partial charge in [0.15, 0.2) is 0 Å². The van der Waals surface area contributed by atoms with Crippen LogP contribution in [0.25, 0.3) is 0 Å². The van der Waals surface area contributed by atoms with Crippen molar-refractivity contribution in [1.29, 1.82) is 0 Å². The third kappa shape index (κ3) is 8.72. The van der Waals surface area contributed by atoms with E-state index in [4.69, 9.17) is 4.79 Å². The van der Waals surface area contributed by atoms with E-state index in [2.05, 4.69) is 43.1 Å². The van der Waals surface area contributed by atoms with Gasteiger partial charge >= 0.3 is 0 Å². The van der Waals surface area contributed by atoms with Crippen molar-refractivity contribution in [2.24, 2.45) is 17.8 Å². The maximum absolute atomic E-state index is 11.7. The predicted octanol–water partition coefficient (Wildman–Crippen LogP) is 5.00. The summed E-state index contributed by atoms with van der Waals surface area (Å²) in [6, 6.07) is 0.720. The summed E-state index contributed by atoms with van der Waals surface area (Å²) >= 11 is 0. The van der Waals surface area contributed by atoms with E-state index in [-0.39, 0.29) is 11.8 Å². The number of likely N-dealkylation sites (tertiary alicyclic amines) is 1. The Hall–Kier alpha value is -1.42. The lowest BCUT2D eigenvalue weighted by Gasteiger charge is -2.45. The highest BCUT2D eigenvalue weighted by Crippen LogP contribution is 2.34. The molecular weight excluding hydrogens is 348 g/mol. The topological polar surface area (TPSA) is 49.4 Å². The molecule has 4 heteroatoms. The molecular formula is C24H44N2O2. The molecule has 1 amide bonds. The first-order valence-electron chi connectivity index (χ1n) is 11.1. The van der Waals surface area contributed by atoms with E-state index >= 15 is 0 Å². The number of hydrogen-bond acceptors (Lipinski definition) is 3. The van der Waals surface area contributed by atoms with Crippen LogP contribution in [0.3, 0.4) is 0 Å². The smallest absolute Gasteiger partial charge is 0.226 e. The zero-order valence-corrected chi connectivity index (χ0v) is 19.5. The highest BCUT2D eigenvalue weighted by Gasteiger charge is 2.33. The fraction of sp³-hybridized carbons (Fsp3) is 0.750. The summed E-state index contributed by atoms with van der Waals surface area (Å²) in [6.07, 6.45) is 10.1. The Balaban J connectivity index is 0.00000133. The van der Waals surface area contributed by atoms with Crippen LogP contribution in [0.15, 0.2) is 23.3 Å². The van der Waals surface area contributed by atoms with Crippen LogP contribution in [0.4, 0.5) is 0 Å². The summed E-state index contributed by atoms with van der Waals surface area (Å²) in [5.74, 6) is 1.68. The zero-order chi connectivity index (χ0) is 21.7. The molecule has 2 rings (SSSR count). The van der Waals surface area contributed by atoms with Gasteiger partial charge in [-0.05, 0) is 52.4 Å². The molecule has 0 bridgehead atoms. The molecule has 0 saturated carbocycles. The summed E-state index contributed by atoms with van der Waals surface area (Å²) in [5.41, 5.74) is 2.86. The number of carbonyl (C=O) groups excluding carboxylic acids is 2. The van der Waals surface area contributed by atoms with Crippen LogP contribution in [0.1, 0.15) is 74.1 Å². The molecule has 0 aromatic heterocycles. The Morgan fingerprint density at radius 2 is 1.71 bits per heavy atom. The Morgan fingerprint density at radius 3 is 2.14 bits per heavy atom. The summed E-state index contributed by atoms with van der Waals surface area (Å²) in [5, 5.41) is 2.75. The lowest BCUT2D eigenvalue weighted by molar-refractivity contribution is -0.123. The number of rotatable bonds is 7. The fourth-order valence-electron chi connectivity index (χ4n) is 3.62. The monoisotopic (exact) mass is 392 g/mol. The molecule has 1 aliphatic carbocycles. The van der Waals surface area contributed by atoms with Gasteiger partial charge in [0.05, 0.1) is 5.92 Å². The van der Waals surface area contributed by atoms with E-state index in [1.165, 1.54) is 38.4 Å². The standard InChI is InChI=1S/C20H34N2O.C2H4O.C2H6/c1-14(2)6-7-15(3)22-12-19(13-22)18-10-8-17(9-11-18)16(4)20(23)21-5;1-2-3;1-2/h8,10,14-16,19H,6-7,9,11-13H2,1-5H3,(H,21,23);2H,1H3;1-2H3.